The number of hydrogen-bond donors (Lipinski definition) is 0. The molecule has 0 aliphatic heterocycles. The number of methoxy groups -OCH3 is 1. The molecule has 3 aromatic carbocycles. The van der Waals surface area contributed by atoms with Crippen molar-refractivity contribution >= 4 is 0 Å². The van der Waals surface area contributed by atoms with E-state index in [1.807, 2.05) is 78.9 Å². The van der Waals surface area contributed by atoms with Gasteiger partial charge in [0, 0.05) is 5.56 Å². The van der Waals surface area contributed by atoms with E-state index in [0.29, 0.717) is 31.0 Å². The Morgan fingerprint density at radius 3 is 2.16 bits per heavy atom. The van der Waals surface area contributed by atoms with Gasteiger partial charge in [-0.2, -0.15) is 4.98 Å². The van der Waals surface area contributed by atoms with Crippen molar-refractivity contribution in [2.24, 2.45) is 5.92 Å². The van der Waals surface area contributed by atoms with E-state index in [9.17, 15) is 0 Å². The second-order valence-corrected chi connectivity index (χ2v) is 7.83. The molecular formula is C26H27N3O3. The van der Waals surface area contributed by atoms with Gasteiger partial charge in [0.15, 0.2) is 5.82 Å². The summed E-state index contributed by atoms with van der Waals surface area (Å²) < 4.78 is 18.8. The lowest BCUT2D eigenvalue weighted by Crippen LogP contribution is -2.06. The smallest absolute Gasteiger partial charge is 0.336 e. The Balaban J connectivity index is 1.58. The summed E-state index contributed by atoms with van der Waals surface area (Å²) in [5, 5.41) is 4.59. The van der Waals surface area contributed by atoms with Crippen LogP contribution in [0, 0.1) is 5.92 Å². The molecule has 0 atom stereocenters. The molecule has 1 heterocycles. The largest absolute Gasteiger partial charge is 0.497 e. The molecule has 0 amide bonds. The van der Waals surface area contributed by atoms with E-state index < -0.39 is 0 Å². The summed E-state index contributed by atoms with van der Waals surface area (Å²) in [6, 6.07) is 26.0. The van der Waals surface area contributed by atoms with Gasteiger partial charge < -0.3 is 14.2 Å². The van der Waals surface area contributed by atoms with Crippen LogP contribution >= 0.6 is 0 Å². The van der Waals surface area contributed by atoms with Gasteiger partial charge in [0.2, 0.25) is 0 Å². The average Bonchev–Trinajstić information content (AvgIpc) is 3.27. The third kappa shape index (κ3) is 5.27. The third-order valence-electron chi connectivity index (χ3n) is 4.81. The number of benzene rings is 3. The fourth-order valence-electron chi connectivity index (χ4n) is 3.13. The van der Waals surface area contributed by atoms with E-state index in [0.717, 1.165) is 28.3 Å². The van der Waals surface area contributed by atoms with Crippen LogP contribution in [0.1, 0.15) is 19.4 Å². The molecule has 6 heteroatoms. The molecule has 0 unspecified atom stereocenters. The van der Waals surface area contributed by atoms with Crippen LogP contribution in [-0.2, 0) is 6.61 Å². The molecule has 6 nitrogen and oxygen atoms in total. The minimum Gasteiger partial charge on any atom is -0.497 e. The Kier molecular flexibility index (Phi) is 6.70. The fraction of sp³-hybridized carbons (Fsp3) is 0.231. The molecule has 164 valence electrons. The minimum absolute atomic E-state index is 0.355. The standard InChI is InChI=1S/C26H27N3O3/c1-19(2)17-32-26-27-25(29(28-26)22-11-15-23(30-3)16-12-22)21-9-13-24(14-10-21)31-18-20-7-5-4-6-8-20/h4-16,19H,17-18H2,1-3H3. The van der Waals surface area contributed by atoms with Crippen LogP contribution in [0.15, 0.2) is 78.9 Å². The van der Waals surface area contributed by atoms with E-state index in [1.165, 1.54) is 0 Å². The highest BCUT2D eigenvalue weighted by Gasteiger charge is 2.15. The van der Waals surface area contributed by atoms with Crippen molar-refractivity contribution in [2.75, 3.05) is 13.7 Å². The first-order valence-corrected chi connectivity index (χ1v) is 10.6. The summed E-state index contributed by atoms with van der Waals surface area (Å²) in [7, 11) is 1.65. The Morgan fingerprint density at radius 2 is 1.50 bits per heavy atom. The Labute approximate surface area is 188 Å². The van der Waals surface area contributed by atoms with E-state index >= 15 is 0 Å². The first-order valence-electron chi connectivity index (χ1n) is 10.6. The predicted octanol–water partition coefficient (Wildman–Crippen LogP) is 5.56. The van der Waals surface area contributed by atoms with Crippen molar-refractivity contribution in [3.8, 4) is 34.6 Å². The Bertz CT molecular complexity index is 1120. The van der Waals surface area contributed by atoms with Gasteiger partial charge in [-0.15, -0.1) is 5.10 Å². The summed E-state index contributed by atoms with van der Waals surface area (Å²) in [5.74, 6) is 2.66. The first kappa shape index (κ1) is 21.4. The van der Waals surface area contributed by atoms with Gasteiger partial charge in [-0.3, -0.25) is 0 Å². The highest BCUT2D eigenvalue weighted by molar-refractivity contribution is 5.59. The molecule has 0 saturated carbocycles. The molecule has 4 rings (SSSR count). The van der Waals surface area contributed by atoms with Crippen molar-refractivity contribution in [3.63, 3.8) is 0 Å². The number of nitrogens with zero attached hydrogens (tertiary/aromatic N) is 3. The van der Waals surface area contributed by atoms with Crippen molar-refractivity contribution in [1.29, 1.82) is 0 Å². The second-order valence-electron chi connectivity index (χ2n) is 7.83. The average molecular weight is 430 g/mol. The number of ether oxygens (including phenoxy) is 3. The molecule has 0 spiro atoms. The summed E-state index contributed by atoms with van der Waals surface area (Å²) >= 11 is 0. The molecule has 32 heavy (non-hydrogen) atoms. The van der Waals surface area contributed by atoms with Crippen molar-refractivity contribution in [2.45, 2.75) is 20.5 Å². The van der Waals surface area contributed by atoms with Crippen LogP contribution in [0.4, 0.5) is 0 Å². The van der Waals surface area contributed by atoms with Crippen LogP contribution in [0.3, 0.4) is 0 Å². The Hall–Kier alpha value is -3.80. The lowest BCUT2D eigenvalue weighted by Gasteiger charge is -2.09. The van der Waals surface area contributed by atoms with Crippen LogP contribution in [0.2, 0.25) is 0 Å². The van der Waals surface area contributed by atoms with Gasteiger partial charge in [0.1, 0.15) is 18.1 Å². The summed E-state index contributed by atoms with van der Waals surface area (Å²) in [6.07, 6.45) is 0. The second kappa shape index (κ2) is 10.0. The van der Waals surface area contributed by atoms with Gasteiger partial charge in [-0.05, 0) is 60.0 Å². The minimum atomic E-state index is 0.355. The zero-order valence-corrected chi connectivity index (χ0v) is 18.6. The van der Waals surface area contributed by atoms with Crippen molar-refractivity contribution < 1.29 is 14.2 Å². The number of hydrogen-bond acceptors (Lipinski definition) is 5. The predicted molar refractivity (Wildman–Crippen MR) is 124 cm³/mol. The van der Waals surface area contributed by atoms with Crippen LogP contribution in [-0.4, -0.2) is 28.5 Å². The molecule has 0 fully saturated rings. The maximum Gasteiger partial charge on any atom is 0.336 e. The van der Waals surface area contributed by atoms with Gasteiger partial charge in [-0.1, -0.05) is 44.2 Å². The van der Waals surface area contributed by atoms with E-state index in [-0.39, 0.29) is 0 Å². The van der Waals surface area contributed by atoms with Gasteiger partial charge in [0.25, 0.3) is 0 Å². The summed E-state index contributed by atoms with van der Waals surface area (Å²) in [6.45, 7) is 5.26. The first-order chi connectivity index (χ1) is 15.6. The fourth-order valence-corrected chi connectivity index (χ4v) is 3.13. The molecule has 0 aliphatic carbocycles. The lowest BCUT2D eigenvalue weighted by molar-refractivity contribution is 0.251. The zero-order valence-electron chi connectivity index (χ0n) is 18.6. The summed E-state index contributed by atoms with van der Waals surface area (Å²) in [4.78, 5) is 4.65. The SMILES string of the molecule is COc1ccc(-n2nc(OCC(C)C)nc2-c2ccc(OCc3ccccc3)cc2)cc1. The van der Waals surface area contributed by atoms with Crippen LogP contribution < -0.4 is 14.2 Å². The molecule has 1 aromatic heterocycles. The maximum absolute atomic E-state index is 5.91. The molecule has 0 radical (unpaired) electrons. The van der Waals surface area contributed by atoms with Gasteiger partial charge >= 0.3 is 6.01 Å². The normalized spacial score (nSPS) is 10.9. The zero-order chi connectivity index (χ0) is 22.3. The molecule has 0 saturated heterocycles. The highest BCUT2D eigenvalue weighted by Crippen LogP contribution is 2.27. The topological polar surface area (TPSA) is 58.4 Å². The highest BCUT2D eigenvalue weighted by atomic mass is 16.5. The molecule has 0 N–H and O–H groups in total. The van der Waals surface area contributed by atoms with Crippen molar-refractivity contribution in [3.05, 3.63) is 84.4 Å². The molecule has 0 bridgehead atoms. The number of rotatable bonds is 9. The van der Waals surface area contributed by atoms with Gasteiger partial charge in [-0.25, -0.2) is 4.68 Å². The quantitative estimate of drug-likeness (QED) is 0.349. The van der Waals surface area contributed by atoms with E-state index in [1.54, 1.807) is 11.8 Å². The molecule has 4 aromatic rings. The number of aromatic nitrogens is 3. The van der Waals surface area contributed by atoms with Gasteiger partial charge in [0.05, 0.1) is 19.4 Å². The van der Waals surface area contributed by atoms with Crippen molar-refractivity contribution in [1.82, 2.24) is 14.8 Å². The van der Waals surface area contributed by atoms with Crippen LogP contribution in [0.5, 0.6) is 17.5 Å². The third-order valence-corrected chi connectivity index (χ3v) is 4.81. The monoisotopic (exact) mass is 429 g/mol. The van der Waals surface area contributed by atoms with E-state index in [2.05, 4.69) is 23.9 Å². The molecule has 0 aliphatic rings. The Morgan fingerprint density at radius 1 is 0.812 bits per heavy atom. The summed E-state index contributed by atoms with van der Waals surface area (Å²) in [5.41, 5.74) is 2.92. The van der Waals surface area contributed by atoms with Crippen LogP contribution in [0.25, 0.3) is 17.1 Å². The van der Waals surface area contributed by atoms with E-state index in [4.69, 9.17) is 14.2 Å². The maximum atomic E-state index is 5.91. The molecular weight excluding hydrogens is 402 g/mol. The lowest BCUT2D eigenvalue weighted by atomic mass is 10.2.